The first kappa shape index (κ1) is 18.3. The molecule has 0 aromatic heterocycles. The van der Waals surface area contributed by atoms with Crippen LogP contribution in [0.2, 0.25) is 0 Å². The van der Waals surface area contributed by atoms with E-state index < -0.39 is 6.09 Å². The molecule has 5 nitrogen and oxygen atoms in total. The number of nitrogens with one attached hydrogen (secondary N) is 1. The van der Waals surface area contributed by atoms with Crippen LogP contribution in [0.5, 0.6) is 0 Å². The first-order valence-corrected chi connectivity index (χ1v) is 10.1. The summed E-state index contributed by atoms with van der Waals surface area (Å²) in [6.07, 6.45) is 1.13. The van der Waals surface area contributed by atoms with E-state index >= 15 is 0 Å². The van der Waals surface area contributed by atoms with Crippen LogP contribution < -0.4 is 5.32 Å². The van der Waals surface area contributed by atoms with Gasteiger partial charge in [-0.15, -0.1) is 0 Å². The van der Waals surface area contributed by atoms with Crippen LogP contribution >= 0.6 is 0 Å². The zero-order valence-corrected chi connectivity index (χ0v) is 16.5. The number of alkyl carbamates (subject to hydrolysis) is 1. The second-order valence-electron chi connectivity index (χ2n) is 9.33. The Bertz CT molecular complexity index is 727. The van der Waals surface area contributed by atoms with Gasteiger partial charge in [0.2, 0.25) is 5.91 Å². The Morgan fingerprint density at radius 2 is 1.96 bits per heavy atom. The van der Waals surface area contributed by atoms with Gasteiger partial charge in [-0.25, -0.2) is 4.79 Å². The summed E-state index contributed by atoms with van der Waals surface area (Å²) in [7, 11) is 0. The number of likely N-dealkylation sites (tertiary alicyclic amines) is 1. The standard InChI is InChI=1S/C22H30N2O3/c1-22(2,3)16-8-4-6-14(10-16)19-17-12-24(13-18(17)19)20(25)15-7-5-9-27-21(26)23-11-15/h4,6,8,10,15,17-19H,5,7,9,11-13H2,1-3H3,(H,23,26)/t15-,17-,18+,19?/m1/s1. The number of nitrogens with zero attached hydrogens (tertiary/aromatic N) is 1. The summed E-state index contributed by atoms with van der Waals surface area (Å²) >= 11 is 0. The number of hydrogen-bond donors (Lipinski definition) is 1. The highest BCUT2D eigenvalue weighted by atomic mass is 16.5. The van der Waals surface area contributed by atoms with Crippen molar-refractivity contribution < 1.29 is 14.3 Å². The van der Waals surface area contributed by atoms with Crippen molar-refractivity contribution >= 4 is 12.0 Å². The lowest BCUT2D eigenvalue weighted by molar-refractivity contribution is -0.135. The first-order valence-electron chi connectivity index (χ1n) is 10.1. The molecule has 1 N–H and O–H groups in total. The molecule has 2 saturated heterocycles. The zero-order chi connectivity index (χ0) is 19.2. The van der Waals surface area contributed by atoms with Crippen molar-refractivity contribution in [2.24, 2.45) is 17.8 Å². The molecule has 4 atom stereocenters. The maximum Gasteiger partial charge on any atom is 0.407 e. The minimum absolute atomic E-state index is 0.113. The molecule has 1 aromatic carbocycles. The molecule has 2 aliphatic heterocycles. The lowest BCUT2D eigenvalue weighted by Gasteiger charge is -2.27. The molecule has 0 radical (unpaired) electrons. The molecule has 146 valence electrons. The quantitative estimate of drug-likeness (QED) is 0.869. The monoisotopic (exact) mass is 370 g/mol. The van der Waals surface area contributed by atoms with Gasteiger partial charge < -0.3 is 15.0 Å². The fourth-order valence-electron chi connectivity index (χ4n) is 4.74. The van der Waals surface area contributed by atoms with E-state index in [1.165, 1.54) is 11.1 Å². The third kappa shape index (κ3) is 3.69. The minimum atomic E-state index is -0.407. The van der Waals surface area contributed by atoms with E-state index in [-0.39, 0.29) is 17.2 Å². The molecular weight excluding hydrogens is 340 g/mol. The molecule has 3 fully saturated rings. The lowest BCUT2D eigenvalue weighted by atomic mass is 9.85. The Balaban J connectivity index is 1.37. The van der Waals surface area contributed by atoms with E-state index in [1.54, 1.807) is 0 Å². The van der Waals surface area contributed by atoms with Crippen molar-refractivity contribution in [3.05, 3.63) is 35.4 Å². The van der Waals surface area contributed by atoms with E-state index in [0.717, 1.165) is 25.9 Å². The van der Waals surface area contributed by atoms with E-state index in [9.17, 15) is 9.59 Å². The number of ether oxygens (including phenoxy) is 1. The van der Waals surface area contributed by atoms with E-state index in [0.29, 0.717) is 30.9 Å². The van der Waals surface area contributed by atoms with E-state index in [1.807, 2.05) is 4.90 Å². The Morgan fingerprint density at radius 3 is 2.67 bits per heavy atom. The summed E-state index contributed by atoms with van der Waals surface area (Å²) in [5, 5.41) is 2.71. The highest BCUT2D eigenvalue weighted by Gasteiger charge is 2.57. The smallest absolute Gasteiger partial charge is 0.407 e. The molecule has 2 heterocycles. The van der Waals surface area contributed by atoms with Crippen LogP contribution in [0.4, 0.5) is 4.79 Å². The van der Waals surface area contributed by atoms with Crippen LogP contribution in [0, 0.1) is 17.8 Å². The van der Waals surface area contributed by atoms with Gasteiger partial charge in [-0.1, -0.05) is 45.0 Å². The summed E-state index contributed by atoms with van der Waals surface area (Å²) in [5.74, 6) is 1.87. The van der Waals surface area contributed by atoms with Crippen molar-refractivity contribution in [1.29, 1.82) is 0 Å². The molecule has 1 unspecified atom stereocenters. The molecule has 0 bridgehead atoms. The number of rotatable bonds is 2. The summed E-state index contributed by atoms with van der Waals surface area (Å²) in [6, 6.07) is 8.99. The zero-order valence-electron chi connectivity index (χ0n) is 16.5. The molecular formula is C22H30N2O3. The number of carbonyl (C=O) groups excluding carboxylic acids is 2. The number of cyclic esters (lactones) is 1. The van der Waals surface area contributed by atoms with Crippen LogP contribution in [0.1, 0.15) is 50.7 Å². The molecule has 0 spiro atoms. The number of amides is 2. The van der Waals surface area contributed by atoms with Gasteiger partial charge in [0.15, 0.2) is 0 Å². The Hall–Kier alpha value is -2.04. The second-order valence-corrected chi connectivity index (χ2v) is 9.33. The van der Waals surface area contributed by atoms with Crippen molar-refractivity contribution in [1.82, 2.24) is 10.2 Å². The summed E-state index contributed by atoms with van der Waals surface area (Å²) in [6.45, 7) is 9.24. The molecule has 1 aliphatic carbocycles. The molecule has 4 rings (SSSR count). The van der Waals surface area contributed by atoms with Crippen molar-refractivity contribution in [3.63, 3.8) is 0 Å². The minimum Gasteiger partial charge on any atom is -0.450 e. The molecule has 2 amide bonds. The third-order valence-corrected chi connectivity index (χ3v) is 6.42. The van der Waals surface area contributed by atoms with Gasteiger partial charge in [0.1, 0.15) is 0 Å². The number of hydrogen-bond acceptors (Lipinski definition) is 3. The van der Waals surface area contributed by atoms with Crippen LogP contribution in [-0.2, 0) is 14.9 Å². The summed E-state index contributed by atoms with van der Waals surface area (Å²) in [5.41, 5.74) is 2.97. The Labute approximate surface area is 161 Å². The molecule has 1 saturated carbocycles. The van der Waals surface area contributed by atoms with Crippen molar-refractivity contribution in [3.8, 4) is 0 Å². The van der Waals surface area contributed by atoms with Gasteiger partial charge in [-0.05, 0) is 47.1 Å². The van der Waals surface area contributed by atoms with Gasteiger partial charge >= 0.3 is 6.09 Å². The SMILES string of the molecule is CC(C)(C)c1cccc(C2[C@H]3CN(C(=O)[C@@H]4CCCOC(=O)NC4)C[C@@H]23)c1. The van der Waals surface area contributed by atoms with Crippen LogP contribution in [-0.4, -0.2) is 43.1 Å². The predicted molar refractivity (Wildman–Crippen MR) is 104 cm³/mol. The third-order valence-electron chi connectivity index (χ3n) is 6.42. The number of carbonyl (C=O) groups is 2. The first-order chi connectivity index (χ1) is 12.8. The predicted octanol–water partition coefficient (Wildman–Crippen LogP) is 3.29. The van der Waals surface area contributed by atoms with Gasteiger partial charge in [0, 0.05) is 19.6 Å². The fraction of sp³-hybridized carbons (Fsp3) is 0.636. The average Bonchev–Trinajstić information content (AvgIpc) is 3.11. The molecule has 1 aromatic rings. The van der Waals surface area contributed by atoms with Gasteiger partial charge in [0.05, 0.1) is 12.5 Å². The van der Waals surface area contributed by atoms with Crippen LogP contribution in [0.3, 0.4) is 0 Å². The average molecular weight is 370 g/mol. The Kier molecular flexibility index (Phi) is 4.65. The van der Waals surface area contributed by atoms with E-state index in [4.69, 9.17) is 4.74 Å². The normalized spacial score (nSPS) is 30.6. The maximum atomic E-state index is 12.9. The van der Waals surface area contributed by atoms with Crippen molar-refractivity contribution in [2.75, 3.05) is 26.2 Å². The Morgan fingerprint density at radius 1 is 1.22 bits per heavy atom. The second kappa shape index (κ2) is 6.84. The molecule has 27 heavy (non-hydrogen) atoms. The number of piperidine rings is 1. The maximum absolute atomic E-state index is 12.9. The summed E-state index contributed by atoms with van der Waals surface area (Å²) in [4.78, 5) is 26.4. The topological polar surface area (TPSA) is 58.6 Å². The highest BCUT2D eigenvalue weighted by molar-refractivity contribution is 5.80. The highest BCUT2D eigenvalue weighted by Crippen LogP contribution is 2.58. The number of fused-ring (bicyclic) bond motifs is 1. The summed E-state index contributed by atoms with van der Waals surface area (Å²) < 4.78 is 4.98. The van der Waals surface area contributed by atoms with Crippen LogP contribution in [0.25, 0.3) is 0 Å². The fourth-order valence-corrected chi connectivity index (χ4v) is 4.74. The number of benzene rings is 1. The lowest BCUT2D eigenvalue weighted by Crippen LogP contribution is -2.43. The van der Waals surface area contributed by atoms with Crippen molar-refractivity contribution in [2.45, 2.75) is 44.9 Å². The van der Waals surface area contributed by atoms with Gasteiger partial charge in [0.25, 0.3) is 0 Å². The van der Waals surface area contributed by atoms with Crippen LogP contribution in [0.15, 0.2) is 24.3 Å². The van der Waals surface area contributed by atoms with Gasteiger partial charge in [-0.3, -0.25) is 4.79 Å². The van der Waals surface area contributed by atoms with E-state index in [2.05, 4.69) is 50.4 Å². The molecule has 3 aliphatic rings. The van der Waals surface area contributed by atoms with Gasteiger partial charge in [-0.2, -0.15) is 0 Å². The largest absolute Gasteiger partial charge is 0.450 e. The molecule has 5 heteroatoms.